The highest BCUT2D eigenvalue weighted by molar-refractivity contribution is 5.87. The number of methoxy groups -OCH3 is 1. The van der Waals surface area contributed by atoms with Crippen LogP contribution in [0.4, 0.5) is 5.82 Å². The van der Waals surface area contributed by atoms with Gasteiger partial charge in [-0.15, -0.1) is 10.2 Å². The molecule has 0 radical (unpaired) electrons. The third kappa shape index (κ3) is 2.55. The van der Waals surface area contributed by atoms with Crippen LogP contribution in [0.15, 0.2) is 12.1 Å². The topological polar surface area (TPSA) is 92.6 Å². The maximum atomic E-state index is 11.2. The summed E-state index contributed by atoms with van der Waals surface area (Å²) in [6.45, 7) is 3.09. The average Bonchev–Trinajstić information content (AvgIpc) is 2.36. The number of rotatable bonds is 4. The summed E-state index contributed by atoms with van der Waals surface area (Å²) in [7, 11) is 2.84. The normalized spacial score (nSPS) is 10.9. The quantitative estimate of drug-likeness (QED) is 0.784. The summed E-state index contributed by atoms with van der Waals surface area (Å²) >= 11 is 0. The van der Waals surface area contributed by atoms with Gasteiger partial charge in [-0.25, -0.2) is 9.59 Å². The van der Waals surface area contributed by atoms with Gasteiger partial charge in [0.1, 0.15) is 5.54 Å². The third-order valence-electron chi connectivity index (χ3n) is 2.75. The predicted octanol–water partition coefficient (Wildman–Crippen LogP) is 0.563. The third-order valence-corrected chi connectivity index (χ3v) is 2.75. The van der Waals surface area contributed by atoms with Gasteiger partial charge in [-0.2, -0.15) is 0 Å². The summed E-state index contributed by atoms with van der Waals surface area (Å²) in [6.07, 6.45) is 0. The molecule has 98 valence electrons. The van der Waals surface area contributed by atoms with Crippen LogP contribution >= 0.6 is 0 Å². The zero-order chi connectivity index (χ0) is 13.9. The highest BCUT2D eigenvalue weighted by atomic mass is 16.5. The van der Waals surface area contributed by atoms with E-state index in [2.05, 4.69) is 14.9 Å². The molecule has 7 heteroatoms. The summed E-state index contributed by atoms with van der Waals surface area (Å²) in [4.78, 5) is 23.7. The number of hydrogen-bond donors (Lipinski definition) is 1. The van der Waals surface area contributed by atoms with Crippen LogP contribution in [0.25, 0.3) is 0 Å². The SMILES string of the molecule is COC(=O)c1ccc(N(C)C(C)(C)C(=O)O)nn1. The molecule has 0 aliphatic heterocycles. The van der Waals surface area contributed by atoms with Crippen molar-refractivity contribution in [2.75, 3.05) is 19.1 Å². The van der Waals surface area contributed by atoms with Crippen molar-refractivity contribution < 1.29 is 19.4 Å². The Hall–Kier alpha value is -2.18. The van der Waals surface area contributed by atoms with E-state index in [1.54, 1.807) is 20.9 Å². The van der Waals surface area contributed by atoms with Crippen LogP contribution in [0.2, 0.25) is 0 Å². The molecule has 1 heterocycles. The average molecular weight is 253 g/mol. The molecule has 1 N–H and O–H groups in total. The lowest BCUT2D eigenvalue weighted by Gasteiger charge is -2.31. The van der Waals surface area contributed by atoms with E-state index in [1.807, 2.05) is 0 Å². The molecule has 0 atom stereocenters. The highest BCUT2D eigenvalue weighted by Gasteiger charge is 2.33. The number of carboxylic acid groups (broad SMARTS) is 1. The van der Waals surface area contributed by atoms with Gasteiger partial charge in [-0.3, -0.25) is 0 Å². The summed E-state index contributed by atoms with van der Waals surface area (Å²) < 4.78 is 4.49. The molecule has 0 amide bonds. The Morgan fingerprint density at radius 3 is 2.33 bits per heavy atom. The highest BCUT2D eigenvalue weighted by Crippen LogP contribution is 2.19. The second-order valence-corrected chi connectivity index (χ2v) is 4.19. The van der Waals surface area contributed by atoms with Crippen LogP contribution < -0.4 is 4.90 Å². The number of ether oxygens (including phenoxy) is 1. The molecule has 0 saturated carbocycles. The molecule has 1 aromatic rings. The lowest BCUT2D eigenvalue weighted by atomic mass is 10.0. The van der Waals surface area contributed by atoms with Crippen molar-refractivity contribution in [2.24, 2.45) is 0 Å². The van der Waals surface area contributed by atoms with E-state index in [1.165, 1.54) is 24.1 Å². The van der Waals surface area contributed by atoms with Crippen molar-refractivity contribution in [3.63, 3.8) is 0 Å². The summed E-state index contributed by atoms with van der Waals surface area (Å²) in [5.74, 6) is -1.21. The van der Waals surface area contributed by atoms with Crippen molar-refractivity contribution in [1.29, 1.82) is 0 Å². The minimum Gasteiger partial charge on any atom is -0.480 e. The minimum atomic E-state index is -1.12. The fraction of sp³-hybridized carbons (Fsp3) is 0.455. The zero-order valence-corrected chi connectivity index (χ0v) is 10.7. The van der Waals surface area contributed by atoms with Gasteiger partial charge in [0.05, 0.1) is 7.11 Å². The first-order valence-corrected chi connectivity index (χ1v) is 5.20. The van der Waals surface area contributed by atoms with Crippen LogP contribution in [0.3, 0.4) is 0 Å². The number of likely N-dealkylation sites (N-methyl/N-ethyl adjacent to an activating group) is 1. The number of nitrogens with zero attached hydrogens (tertiary/aromatic N) is 3. The Kier molecular flexibility index (Phi) is 3.85. The molecule has 7 nitrogen and oxygen atoms in total. The van der Waals surface area contributed by atoms with Crippen molar-refractivity contribution in [3.05, 3.63) is 17.8 Å². The molecule has 0 spiro atoms. The molecule has 0 unspecified atom stereocenters. The van der Waals surface area contributed by atoms with Gasteiger partial charge in [0.2, 0.25) is 0 Å². The predicted molar refractivity (Wildman–Crippen MR) is 63.5 cm³/mol. The van der Waals surface area contributed by atoms with Gasteiger partial charge in [-0.05, 0) is 26.0 Å². The van der Waals surface area contributed by atoms with E-state index in [0.29, 0.717) is 5.82 Å². The van der Waals surface area contributed by atoms with E-state index in [4.69, 9.17) is 5.11 Å². The lowest BCUT2D eigenvalue weighted by molar-refractivity contribution is -0.142. The number of carboxylic acids is 1. The van der Waals surface area contributed by atoms with Crippen LogP contribution in [-0.2, 0) is 9.53 Å². The standard InChI is InChI=1S/C11H15N3O4/c1-11(2,10(16)17)14(3)8-6-5-7(12-13-8)9(15)18-4/h5-6H,1-4H3,(H,16,17). The first kappa shape index (κ1) is 13.9. The van der Waals surface area contributed by atoms with E-state index >= 15 is 0 Å². The number of aliphatic carboxylic acids is 1. The number of carbonyl (C=O) groups excluding carboxylic acids is 1. The Labute approximate surface area is 104 Å². The Balaban J connectivity index is 2.99. The molecule has 0 bridgehead atoms. The van der Waals surface area contributed by atoms with Crippen molar-refractivity contribution in [2.45, 2.75) is 19.4 Å². The van der Waals surface area contributed by atoms with Gasteiger partial charge in [0, 0.05) is 7.05 Å². The molecule has 1 rings (SSSR count). The molecule has 0 saturated heterocycles. The largest absolute Gasteiger partial charge is 0.480 e. The number of anilines is 1. The maximum absolute atomic E-state index is 11.2. The van der Waals surface area contributed by atoms with Crippen molar-refractivity contribution in [1.82, 2.24) is 10.2 Å². The van der Waals surface area contributed by atoms with Gasteiger partial charge >= 0.3 is 11.9 Å². The van der Waals surface area contributed by atoms with Crippen LogP contribution in [-0.4, -0.2) is 46.9 Å². The first-order chi connectivity index (χ1) is 8.30. The summed E-state index contributed by atoms with van der Waals surface area (Å²) in [5, 5.41) is 16.6. The fourth-order valence-corrected chi connectivity index (χ4v) is 1.15. The van der Waals surface area contributed by atoms with E-state index < -0.39 is 17.5 Å². The second kappa shape index (κ2) is 4.99. The van der Waals surface area contributed by atoms with Gasteiger partial charge in [-0.1, -0.05) is 0 Å². The molecule has 0 aromatic carbocycles. The summed E-state index contributed by atoms with van der Waals surface area (Å²) in [5.41, 5.74) is -1.05. The van der Waals surface area contributed by atoms with Crippen LogP contribution in [0, 0.1) is 0 Å². The van der Waals surface area contributed by atoms with Crippen LogP contribution in [0.1, 0.15) is 24.3 Å². The van der Waals surface area contributed by atoms with E-state index in [-0.39, 0.29) is 5.69 Å². The minimum absolute atomic E-state index is 0.0720. The molecule has 0 fully saturated rings. The van der Waals surface area contributed by atoms with Crippen molar-refractivity contribution in [3.8, 4) is 0 Å². The summed E-state index contributed by atoms with van der Waals surface area (Å²) in [6, 6.07) is 2.95. The Morgan fingerprint density at radius 2 is 1.94 bits per heavy atom. The van der Waals surface area contributed by atoms with Gasteiger partial charge < -0.3 is 14.7 Å². The van der Waals surface area contributed by atoms with E-state index in [0.717, 1.165) is 0 Å². The molecule has 0 aliphatic rings. The van der Waals surface area contributed by atoms with Crippen LogP contribution in [0.5, 0.6) is 0 Å². The van der Waals surface area contributed by atoms with Crippen molar-refractivity contribution >= 4 is 17.8 Å². The van der Waals surface area contributed by atoms with Gasteiger partial charge in [0.25, 0.3) is 0 Å². The monoisotopic (exact) mass is 253 g/mol. The number of aromatic nitrogens is 2. The molecule has 1 aromatic heterocycles. The molecule has 18 heavy (non-hydrogen) atoms. The molecular formula is C11H15N3O4. The molecule has 0 aliphatic carbocycles. The van der Waals surface area contributed by atoms with Gasteiger partial charge in [0.15, 0.2) is 11.5 Å². The number of carbonyl (C=O) groups is 2. The maximum Gasteiger partial charge on any atom is 0.358 e. The fourth-order valence-electron chi connectivity index (χ4n) is 1.15. The zero-order valence-electron chi connectivity index (χ0n) is 10.7. The number of esters is 1. The van der Waals surface area contributed by atoms with E-state index in [9.17, 15) is 9.59 Å². The smallest absolute Gasteiger partial charge is 0.358 e. The Morgan fingerprint density at radius 1 is 1.33 bits per heavy atom. The Bertz CT molecular complexity index is 456. The molecular weight excluding hydrogens is 238 g/mol. The second-order valence-electron chi connectivity index (χ2n) is 4.19. The lowest BCUT2D eigenvalue weighted by Crippen LogP contribution is -2.48. The first-order valence-electron chi connectivity index (χ1n) is 5.20. The number of hydrogen-bond acceptors (Lipinski definition) is 6.